The molecule has 0 aromatic heterocycles. The lowest BCUT2D eigenvalue weighted by Crippen LogP contribution is -2.37. The topological polar surface area (TPSA) is 111 Å². The highest BCUT2D eigenvalue weighted by atomic mass is 32.2. The van der Waals surface area contributed by atoms with E-state index in [1.165, 1.54) is 6.07 Å². The van der Waals surface area contributed by atoms with E-state index in [-0.39, 0.29) is 29.1 Å². The number of thioether (sulfide) groups is 1. The molecule has 0 saturated carbocycles. The standard InChI is InChI=1S/C19H25N3O5S/c1-10(27-17(23)19(2,3)4)12-7-11(5-6-14(12)22(25)26)8-15-16-13(9-28-15)20-18(24)21-16/h5-7,10,13,15-16H,8-9H2,1-4H3,(H2,20,21,24). The van der Waals surface area contributed by atoms with E-state index in [1.54, 1.807) is 51.6 Å². The predicted octanol–water partition coefficient (Wildman–Crippen LogP) is 2.95. The van der Waals surface area contributed by atoms with Crippen LogP contribution >= 0.6 is 11.8 Å². The first kappa shape index (κ1) is 20.4. The molecule has 2 aliphatic heterocycles. The Bertz CT molecular complexity index is 807. The summed E-state index contributed by atoms with van der Waals surface area (Å²) in [5, 5.41) is 17.5. The normalized spacial score (nSPS) is 24.9. The highest BCUT2D eigenvalue weighted by molar-refractivity contribution is 8.00. The highest BCUT2D eigenvalue weighted by Gasteiger charge is 2.43. The summed E-state index contributed by atoms with van der Waals surface area (Å²) in [6, 6.07) is 4.97. The van der Waals surface area contributed by atoms with Crippen molar-refractivity contribution in [3.63, 3.8) is 0 Å². The Hall–Kier alpha value is -2.29. The first-order chi connectivity index (χ1) is 13.1. The second kappa shape index (κ2) is 7.62. The minimum atomic E-state index is -0.732. The molecule has 4 atom stereocenters. The number of carbonyl (C=O) groups excluding carboxylic acids is 2. The van der Waals surface area contributed by atoms with Crippen LogP contribution in [0.2, 0.25) is 0 Å². The number of hydrogen-bond acceptors (Lipinski definition) is 6. The van der Waals surface area contributed by atoms with E-state index in [2.05, 4.69) is 10.6 Å². The van der Waals surface area contributed by atoms with Gasteiger partial charge >= 0.3 is 12.0 Å². The van der Waals surface area contributed by atoms with Crippen molar-refractivity contribution in [3.05, 3.63) is 39.4 Å². The van der Waals surface area contributed by atoms with Crippen LogP contribution in [0, 0.1) is 15.5 Å². The Morgan fingerprint density at radius 3 is 2.75 bits per heavy atom. The average molecular weight is 407 g/mol. The average Bonchev–Trinajstić information content (AvgIpc) is 3.13. The number of urea groups is 1. The second-order valence-electron chi connectivity index (χ2n) is 8.27. The molecule has 4 unspecified atom stereocenters. The fourth-order valence-electron chi connectivity index (χ4n) is 3.42. The van der Waals surface area contributed by atoms with Crippen LogP contribution in [0.15, 0.2) is 18.2 Å². The highest BCUT2D eigenvalue weighted by Crippen LogP contribution is 2.35. The van der Waals surface area contributed by atoms with Crippen LogP contribution in [-0.4, -0.2) is 40.0 Å². The molecule has 0 aliphatic carbocycles. The minimum Gasteiger partial charge on any atom is -0.457 e. The largest absolute Gasteiger partial charge is 0.457 e. The molecule has 2 fully saturated rings. The molecule has 0 radical (unpaired) electrons. The number of rotatable bonds is 5. The molecule has 1 aromatic rings. The van der Waals surface area contributed by atoms with Crippen LogP contribution in [0.1, 0.15) is 44.9 Å². The van der Waals surface area contributed by atoms with E-state index in [9.17, 15) is 19.7 Å². The third-order valence-electron chi connectivity index (χ3n) is 5.00. The van der Waals surface area contributed by atoms with Gasteiger partial charge in [0.05, 0.1) is 28.0 Å². The van der Waals surface area contributed by atoms with Crippen LogP contribution in [0.5, 0.6) is 0 Å². The zero-order chi connectivity index (χ0) is 20.6. The number of amides is 2. The van der Waals surface area contributed by atoms with Gasteiger partial charge in [-0.25, -0.2) is 4.79 Å². The zero-order valence-corrected chi connectivity index (χ0v) is 17.2. The van der Waals surface area contributed by atoms with Gasteiger partial charge in [-0.2, -0.15) is 11.8 Å². The number of nitrogens with one attached hydrogen (secondary N) is 2. The smallest absolute Gasteiger partial charge is 0.315 e. The minimum absolute atomic E-state index is 0.0484. The van der Waals surface area contributed by atoms with E-state index in [1.807, 2.05) is 0 Å². The number of nitrogens with zero attached hydrogens (tertiary/aromatic N) is 1. The molecule has 2 amide bonds. The summed E-state index contributed by atoms with van der Waals surface area (Å²) >= 11 is 1.77. The Kier molecular flexibility index (Phi) is 5.56. The number of carbonyl (C=O) groups is 2. The number of fused-ring (bicyclic) bond motifs is 1. The molecule has 2 heterocycles. The zero-order valence-electron chi connectivity index (χ0n) is 16.4. The Morgan fingerprint density at radius 2 is 2.11 bits per heavy atom. The molecule has 0 spiro atoms. The lowest BCUT2D eigenvalue weighted by Gasteiger charge is -2.22. The molecule has 2 aliphatic rings. The molecule has 28 heavy (non-hydrogen) atoms. The summed E-state index contributed by atoms with van der Waals surface area (Å²) in [7, 11) is 0. The van der Waals surface area contributed by atoms with Crippen LogP contribution in [0.4, 0.5) is 10.5 Å². The Balaban J connectivity index is 1.80. The molecule has 2 N–H and O–H groups in total. The molecule has 1 aromatic carbocycles. The van der Waals surface area contributed by atoms with Gasteiger partial charge < -0.3 is 15.4 Å². The monoisotopic (exact) mass is 407 g/mol. The summed E-state index contributed by atoms with van der Waals surface area (Å²) in [6.07, 6.45) is -0.0671. The van der Waals surface area contributed by atoms with Crippen LogP contribution in [0.3, 0.4) is 0 Å². The van der Waals surface area contributed by atoms with Crippen molar-refractivity contribution in [3.8, 4) is 0 Å². The van der Waals surface area contributed by atoms with E-state index in [0.29, 0.717) is 12.0 Å². The third-order valence-corrected chi connectivity index (χ3v) is 6.44. The van der Waals surface area contributed by atoms with E-state index >= 15 is 0 Å². The van der Waals surface area contributed by atoms with E-state index in [0.717, 1.165) is 11.3 Å². The summed E-state index contributed by atoms with van der Waals surface area (Å²) < 4.78 is 5.48. The summed E-state index contributed by atoms with van der Waals surface area (Å²) in [5.41, 5.74) is 0.543. The molecular weight excluding hydrogens is 382 g/mol. The number of nitro benzene ring substituents is 1. The number of esters is 1. The van der Waals surface area contributed by atoms with Gasteiger partial charge in [0, 0.05) is 17.1 Å². The molecule has 2 saturated heterocycles. The lowest BCUT2D eigenvalue weighted by molar-refractivity contribution is -0.386. The van der Waals surface area contributed by atoms with E-state index < -0.39 is 22.4 Å². The summed E-state index contributed by atoms with van der Waals surface area (Å²) in [5.74, 6) is 0.432. The number of hydrogen-bond donors (Lipinski definition) is 2. The maximum absolute atomic E-state index is 12.2. The van der Waals surface area contributed by atoms with Gasteiger partial charge in [-0.1, -0.05) is 6.07 Å². The Labute approximate surface area is 167 Å². The fourth-order valence-corrected chi connectivity index (χ4v) is 4.94. The van der Waals surface area contributed by atoms with Crippen molar-refractivity contribution in [2.45, 2.75) is 57.6 Å². The maximum Gasteiger partial charge on any atom is 0.315 e. The summed E-state index contributed by atoms with van der Waals surface area (Å²) in [6.45, 7) is 6.87. The third kappa shape index (κ3) is 4.24. The van der Waals surface area contributed by atoms with Gasteiger partial charge in [0.1, 0.15) is 6.10 Å². The van der Waals surface area contributed by atoms with E-state index in [4.69, 9.17) is 4.74 Å². The van der Waals surface area contributed by atoms with Crippen molar-refractivity contribution in [2.75, 3.05) is 5.75 Å². The first-order valence-corrected chi connectivity index (χ1v) is 10.3. The van der Waals surface area contributed by atoms with Crippen molar-refractivity contribution in [1.29, 1.82) is 0 Å². The Morgan fingerprint density at radius 1 is 1.39 bits per heavy atom. The van der Waals surface area contributed by atoms with Crippen molar-refractivity contribution in [1.82, 2.24) is 10.6 Å². The summed E-state index contributed by atoms with van der Waals surface area (Å²) in [4.78, 5) is 34.8. The van der Waals surface area contributed by atoms with Crippen LogP contribution < -0.4 is 10.6 Å². The van der Waals surface area contributed by atoms with Gasteiger partial charge in [0.2, 0.25) is 0 Å². The first-order valence-electron chi connectivity index (χ1n) is 9.23. The molecule has 0 bridgehead atoms. The molecule has 8 nitrogen and oxygen atoms in total. The van der Waals surface area contributed by atoms with Gasteiger partial charge in [-0.3, -0.25) is 14.9 Å². The van der Waals surface area contributed by atoms with Crippen molar-refractivity contribution >= 4 is 29.4 Å². The second-order valence-corrected chi connectivity index (χ2v) is 9.55. The van der Waals surface area contributed by atoms with Crippen LogP contribution in [-0.2, 0) is 16.0 Å². The number of nitro groups is 1. The van der Waals surface area contributed by atoms with Crippen LogP contribution in [0.25, 0.3) is 0 Å². The molecule has 3 rings (SSSR count). The lowest BCUT2D eigenvalue weighted by atomic mass is 9.96. The van der Waals surface area contributed by atoms with Gasteiger partial charge in [-0.15, -0.1) is 0 Å². The number of benzene rings is 1. The quantitative estimate of drug-likeness (QED) is 0.336. The predicted molar refractivity (Wildman–Crippen MR) is 106 cm³/mol. The SMILES string of the molecule is CC(OC(=O)C(C)(C)C)c1cc(CC2SCC3NC(=O)NC32)ccc1[N+](=O)[O-]. The van der Waals surface area contributed by atoms with Gasteiger partial charge in [-0.05, 0) is 45.7 Å². The molecule has 9 heteroatoms. The van der Waals surface area contributed by atoms with Crippen molar-refractivity contribution < 1.29 is 19.2 Å². The maximum atomic E-state index is 12.2. The molecule has 152 valence electrons. The van der Waals surface area contributed by atoms with Crippen molar-refractivity contribution in [2.24, 2.45) is 5.41 Å². The number of ether oxygens (including phenoxy) is 1. The van der Waals surface area contributed by atoms with Gasteiger partial charge in [0.15, 0.2) is 0 Å². The van der Waals surface area contributed by atoms with Gasteiger partial charge in [0.25, 0.3) is 5.69 Å². The molecular formula is C19H25N3O5S. The fraction of sp³-hybridized carbons (Fsp3) is 0.579.